The molecule has 0 aliphatic rings. The number of hydrogen-bond donors (Lipinski definition) is 2. The molecule has 0 radical (unpaired) electrons. The fourth-order valence-corrected chi connectivity index (χ4v) is 3.31. The van der Waals surface area contributed by atoms with E-state index in [1.807, 2.05) is 13.8 Å². The Morgan fingerprint density at radius 3 is 2.47 bits per heavy atom. The molecule has 5 nitrogen and oxygen atoms in total. The molecule has 0 saturated heterocycles. The zero-order chi connectivity index (χ0) is 14.5. The highest BCUT2D eigenvalue weighted by atomic mass is 32.2. The van der Waals surface area contributed by atoms with E-state index in [1.54, 1.807) is 12.1 Å². The summed E-state index contributed by atoms with van der Waals surface area (Å²) in [6.07, 6.45) is 1.45. The molecule has 1 aromatic rings. The van der Waals surface area contributed by atoms with Crippen molar-refractivity contribution in [3.05, 3.63) is 35.4 Å². The highest BCUT2D eigenvalue weighted by Crippen LogP contribution is 2.10. The Hall–Kier alpha value is -1.40. The van der Waals surface area contributed by atoms with E-state index in [9.17, 15) is 13.2 Å². The quantitative estimate of drug-likeness (QED) is 0.802. The van der Waals surface area contributed by atoms with Crippen molar-refractivity contribution in [1.29, 1.82) is 0 Å². The van der Waals surface area contributed by atoms with Gasteiger partial charge in [0.25, 0.3) is 0 Å². The minimum Gasteiger partial charge on any atom is -0.478 e. The number of benzene rings is 1. The summed E-state index contributed by atoms with van der Waals surface area (Å²) in [5.41, 5.74) is 0.564. The van der Waals surface area contributed by atoms with E-state index in [4.69, 9.17) is 5.11 Å². The SMILES string of the molecule is CCC(CC)NS(=O)(=O)Cc1cccc(C(=O)O)c1. The minimum atomic E-state index is -3.44. The van der Waals surface area contributed by atoms with Crippen LogP contribution < -0.4 is 4.72 Å². The topological polar surface area (TPSA) is 83.5 Å². The van der Waals surface area contributed by atoms with Crippen LogP contribution in [-0.2, 0) is 15.8 Å². The molecule has 1 aromatic carbocycles. The predicted molar refractivity (Wildman–Crippen MR) is 73.5 cm³/mol. The van der Waals surface area contributed by atoms with Crippen molar-refractivity contribution in [3.8, 4) is 0 Å². The van der Waals surface area contributed by atoms with Crippen LogP contribution in [0.5, 0.6) is 0 Å². The van der Waals surface area contributed by atoms with Crippen molar-refractivity contribution >= 4 is 16.0 Å². The van der Waals surface area contributed by atoms with E-state index in [0.29, 0.717) is 5.56 Å². The summed E-state index contributed by atoms with van der Waals surface area (Å²) >= 11 is 0. The lowest BCUT2D eigenvalue weighted by Gasteiger charge is -2.15. The first-order valence-corrected chi connectivity index (χ1v) is 7.85. The van der Waals surface area contributed by atoms with Gasteiger partial charge in [0.05, 0.1) is 11.3 Å². The summed E-state index contributed by atoms with van der Waals surface area (Å²) in [6.45, 7) is 3.84. The second-order valence-corrected chi connectivity index (χ2v) is 6.15. The van der Waals surface area contributed by atoms with Gasteiger partial charge in [0, 0.05) is 6.04 Å². The first kappa shape index (κ1) is 15.7. The third-order valence-corrected chi connectivity index (χ3v) is 4.27. The van der Waals surface area contributed by atoms with Crippen LogP contribution in [0.25, 0.3) is 0 Å². The maximum atomic E-state index is 12.0. The molecule has 6 heteroatoms. The number of carboxylic acid groups (broad SMARTS) is 1. The van der Waals surface area contributed by atoms with Gasteiger partial charge >= 0.3 is 5.97 Å². The van der Waals surface area contributed by atoms with Gasteiger partial charge in [-0.3, -0.25) is 0 Å². The van der Waals surface area contributed by atoms with Crippen LogP contribution in [-0.4, -0.2) is 25.5 Å². The minimum absolute atomic E-state index is 0.0762. The average molecular weight is 285 g/mol. The van der Waals surface area contributed by atoms with Crippen molar-refractivity contribution in [2.24, 2.45) is 0 Å². The molecule has 0 atom stereocenters. The van der Waals surface area contributed by atoms with E-state index in [2.05, 4.69) is 4.72 Å². The van der Waals surface area contributed by atoms with Crippen LogP contribution >= 0.6 is 0 Å². The molecule has 2 N–H and O–H groups in total. The fraction of sp³-hybridized carbons (Fsp3) is 0.462. The molecular weight excluding hydrogens is 266 g/mol. The molecule has 19 heavy (non-hydrogen) atoms. The number of rotatable bonds is 7. The summed E-state index contributed by atoms with van der Waals surface area (Å²) in [4.78, 5) is 10.8. The van der Waals surface area contributed by atoms with Crippen molar-refractivity contribution in [2.75, 3.05) is 0 Å². The number of hydrogen-bond acceptors (Lipinski definition) is 3. The van der Waals surface area contributed by atoms with Gasteiger partial charge in [-0.25, -0.2) is 17.9 Å². The number of aromatic carboxylic acids is 1. The Morgan fingerprint density at radius 1 is 1.32 bits per heavy atom. The Morgan fingerprint density at radius 2 is 1.95 bits per heavy atom. The highest BCUT2D eigenvalue weighted by Gasteiger charge is 2.16. The summed E-state index contributed by atoms with van der Waals surface area (Å²) < 4.78 is 26.5. The molecule has 0 amide bonds. The molecular formula is C13H19NO4S. The summed E-state index contributed by atoms with van der Waals surface area (Å²) in [5.74, 6) is -1.27. The molecule has 0 fully saturated rings. The summed E-state index contributed by atoms with van der Waals surface area (Å²) in [7, 11) is -3.44. The normalized spacial score (nSPS) is 11.7. The van der Waals surface area contributed by atoms with Crippen LogP contribution in [0, 0.1) is 0 Å². The molecule has 0 heterocycles. The van der Waals surface area contributed by atoms with Gasteiger partial charge in [-0.2, -0.15) is 0 Å². The van der Waals surface area contributed by atoms with E-state index < -0.39 is 16.0 Å². The van der Waals surface area contributed by atoms with E-state index in [1.165, 1.54) is 12.1 Å². The highest BCUT2D eigenvalue weighted by molar-refractivity contribution is 7.88. The van der Waals surface area contributed by atoms with Gasteiger partial charge < -0.3 is 5.11 Å². The van der Waals surface area contributed by atoms with Gasteiger partial charge in [0.2, 0.25) is 10.0 Å². The fourth-order valence-electron chi connectivity index (χ4n) is 1.76. The maximum absolute atomic E-state index is 12.0. The zero-order valence-corrected chi connectivity index (χ0v) is 11.9. The van der Waals surface area contributed by atoms with Gasteiger partial charge in [-0.1, -0.05) is 26.0 Å². The van der Waals surface area contributed by atoms with Crippen molar-refractivity contribution in [3.63, 3.8) is 0 Å². The predicted octanol–water partition coefficient (Wildman–Crippen LogP) is 1.99. The first-order chi connectivity index (χ1) is 8.88. The lowest BCUT2D eigenvalue weighted by atomic mass is 10.1. The van der Waals surface area contributed by atoms with E-state index in [0.717, 1.165) is 12.8 Å². The second-order valence-electron chi connectivity index (χ2n) is 4.40. The van der Waals surface area contributed by atoms with Crippen LogP contribution in [0.4, 0.5) is 0 Å². The van der Waals surface area contributed by atoms with Crippen LogP contribution in [0.3, 0.4) is 0 Å². The monoisotopic (exact) mass is 285 g/mol. The molecule has 0 spiro atoms. The third kappa shape index (κ3) is 5.00. The van der Waals surface area contributed by atoms with Crippen LogP contribution in [0.15, 0.2) is 24.3 Å². The second kappa shape index (κ2) is 6.68. The van der Waals surface area contributed by atoms with Crippen LogP contribution in [0.2, 0.25) is 0 Å². The Bertz CT molecular complexity index is 535. The van der Waals surface area contributed by atoms with Crippen molar-refractivity contribution in [1.82, 2.24) is 4.72 Å². The molecule has 1 rings (SSSR count). The number of carboxylic acids is 1. The molecule has 0 aliphatic heterocycles. The summed E-state index contributed by atoms with van der Waals surface area (Å²) in [5, 5.41) is 8.86. The number of carbonyl (C=O) groups is 1. The van der Waals surface area contributed by atoms with Crippen LogP contribution in [0.1, 0.15) is 42.6 Å². The Balaban J connectivity index is 2.83. The Kier molecular flexibility index (Phi) is 5.50. The molecule has 0 aliphatic carbocycles. The molecule has 0 saturated carbocycles. The maximum Gasteiger partial charge on any atom is 0.335 e. The van der Waals surface area contributed by atoms with Gasteiger partial charge in [0.1, 0.15) is 0 Å². The smallest absolute Gasteiger partial charge is 0.335 e. The molecule has 0 aromatic heterocycles. The third-order valence-electron chi connectivity index (χ3n) is 2.86. The lowest BCUT2D eigenvalue weighted by Crippen LogP contribution is -2.34. The average Bonchev–Trinajstić information content (AvgIpc) is 2.35. The van der Waals surface area contributed by atoms with Gasteiger partial charge in [-0.05, 0) is 30.5 Å². The van der Waals surface area contributed by atoms with Gasteiger partial charge in [0.15, 0.2) is 0 Å². The van der Waals surface area contributed by atoms with Crippen molar-refractivity contribution < 1.29 is 18.3 Å². The molecule has 106 valence electrons. The molecule has 0 unspecified atom stereocenters. The molecule has 0 bridgehead atoms. The van der Waals surface area contributed by atoms with Gasteiger partial charge in [-0.15, -0.1) is 0 Å². The standard InChI is InChI=1S/C13H19NO4S/c1-3-12(4-2)14-19(17,18)9-10-6-5-7-11(8-10)13(15)16/h5-8,12,14H,3-4,9H2,1-2H3,(H,15,16). The van der Waals surface area contributed by atoms with E-state index in [-0.39, 0.29) is 17.4 Å². The van der Waals surface area contributed by atoms with E-state index >= 15 is 0 Å². The number of nitrogens with one attached hydrogen (secondary N) is 1. The zero-order valence-electron chi connectivity index (χ0n) is 11.1. The largest absolute Gasteiger partial charge is 0.478 e. The Labute approximate surface area is 113 Å². The van der Waals surface area contributed by atoms with Crippen molar-refractivity contribution in [2.45, 2.75) is 38.5 Å². The lowest BCUT2D eigenvalue weighted by molar-refractivity contribution is 0.0696. The first-order valence-electron chi connectivity index (χ1n) is 6.20. The number of sulfonamides is 1. The summed E-state index contributed by atoms with van der Waals surface area (Å²) in [6, 6.07) is 5.90.